The number of benzene rings is 1. The lowest BCUT2D eigenvalue weighted by molar-refractivity contribution is 0.102. The molecule has 0 unspecified atom stereocenters. The molecule has 6 nitrogen and oxygen atoms in total. The molecule has 0 atom stereocenters. The Morgan fingerprint density at radius 1 is 1.06 bits per heavy atom. The van der Waals surface area contributed by atoms with Gasteiger partial charge in [-0.3, -0.25) is 9.36 Å². The number of thiophene rings is 1. The van der Waals surface area contributed by atoms with Gasteiger partial charge in [-0.2, -0.15) is 0 Å². The molecule has 0 saturated heterocycles. The molecule has 0 saturated carbocycles. The van der Waals surface area contributed by atoms with Gasteiger partial charge < -0.3 is 9.88 Å². The SMILES string of the molecule is Cc1cc(C(=O)Nc2ccc(-n3cnc4ccccc43)nc2)c(C)n1Cc1cccs1. The number of imidazole rings is 1. The molecule has 31 heavy (non-hydrogen) atoms. The van der Waals surface area contributed by atoms with Crippen molar-refractivity contribution in [3.05, 3.63) is 94.3 Å². The number of rotatable bonds is 5. The lowest BCUT2D eigenvalue weighted by Crippen LogP contribution is -2.14. The summed E-state index contributed by atoms with van der Waals surface area (Å²) in [6.07, 6.45) is 3.43. The number of nitrogens with one attached hydrogen (secondary N) is 1. The molecule has 0 bridgehead atoms. The number of hydrogen-bond donors (Lipinski definition) is 1. The van der Waals surface area contributed by atoms with Crippen LogP contribution in [0.1, 0.15) is 26.6 Å². The zero-order valence-corrected chi connectivity index (χ0v) is 18.1. The van der Waals surface area contributed by atoms with Crippen molar-refractivity contribution in [3.63, 3.8) is 0 Å². The van der Waals surface area contributed by atoms with Crippen molar-refractivity contribution < 1.29 is 4.79 Å². The fourth-order valence-electron chi connectivity index (χ4n) is 3.78. The summed E-state index contributed by atoms with van der Waals surface area (Å²) in [6.45, 7) is 4.79. The highest BCUT2D eigenvalue weighted by Gasteiger charge is 2.16. The van der Waals surface area contributed by atoms with Gasteiger partial charge in [-0.15, -0.1) is 11.3 Å². The van der Waals surface area contributed by atoms with Crippen LogP contribution >= 0.6 is 11.3 Å². The number of aryl methyl sites for hydroxylation is 1. The van der Waals surface area contributed by atoms with Crippen LogP contribution < -0.4 is 5.32 Å². The zero-order chi connectivity index (χ0) is 21.4. The standard InChI is InChI=1S/C24H21N5OS/c1-16-12-20(17(2)28(16)14-19-6-5-11-31-19)24(30)27-18-9-10-23(25-13-18)29-15-26-21-7-3-4-8-22(21)29/h3-13,15H,14H2,1-2H3,(H,27,30). The van der Waals surface area contributed by atoms with Crippen molar-refractivity contribution in [1.82, 2.24) is 19.1 Å². The fourth-order valence-corrected chi connectivity index (χ4v) is 4.47. The van der Waals surface area contributed by atoms with E-state index in [1.54, 1.807) is 23.9 Å². The Bertz CT molecular complexity index is 1360. The van der Waals surface area contributed by atoms with Gasteiger partial charge in [0.2, 0.25) is 0 Å². The predicted octanol–water partition coefficient (Wildman–Crippen LogP) is 5.20. The van der Waals surface area contributed by atoms with Gasteiger partial charge in [-0.25, -0.2) is 9.97 Å². The topological polar surface area (TPSA) is 64.7 Å². The third-order valence-electron chi connectivity index (χ3n) is 5.42. The molecule has 4 heterocycles. The van der Waals surface area contributed by atoms with Gasteiger partial charge in [0.1, 0.15) is 12.1 Å². The Kier molecular flexibility index (Phi) is 4.88. The number of nitrogens with zero attached hydrogens (tertiary/aromatic N) is 4. The molecule has 1 aromatic carbocycles. The number of amides is 1. The highest BCUT2D eigenvalue weighted by Crippen LogP contribution is 2.21. The van der Waals surface area contributed by atoms with Crippen molar-refractivity contribution in [2.24, 2.45) is 0 Å². The van der Waals surface area contributed by atoms with E-state index in [0.717, 1.165) is 34.8 Å². The summed E-state index contributed by atoms with van der Waals surface area (Å²) in [5.74, 6) is 0.619. The molecule has 154 valence electrons. The number of para-hydroxylation sites is 2. The highest BCUT2D eigenvalue weighted by atomic mass is 32.1. The lowest BCUT2D eigenvalue weighted by Gasteiger charge is -2.09. The molecule has 0 aliphatic rings. The van der Waals surface area contributed by atoms with Crippen LogP contribution in [-0.2, 0) is 6.54 Å². The van der Waals surface area contributed by atoms with Gasteiger partial charge in [0, 0.05) is 16.3 Å². The molecule has 5 rings (SSSR count). The van der Waals surface area contributed by atoms with Gasteiger partial charge in [0.15, 0.2) is 0 Å². The van der Waals surface area contributed by atoms with Crippen LogP contribution in [0.15, 0.2) is 72.5 Å². The molecular weight excluding hydrogens is 406 g/mol. The third kappa shape index (κ3) is 3.64. The average molecular weight is 428 g/mol. The zero-order valence-electron chi connectivity index (χ0n) is 17.2. The first-order valence-electron chi connectivity index (χ1n) is 9.99. The first-order chi connectivity index (χ1) is 15.1. The second-order valence-corrected chi connectivity index (χ2v) is 8.45. The van der Waals surface area contributed by atoms with E-state index in [1.807, 2.05) is 66.9 Å². The number of anilines is 1. The number of aromatic nitrogens is 4. The van der Waals surface area contributed by atoms with Gasteiger partial charge in [-0.1, -0.05) is 18.2 Å². The van der Waals surface area contributed by atoms with E-state index in [4.69, 9.17) is 0 Å². The van der Waals surface area contributed by atoms with Crippen molar-refractivity contribution >= 4 is 34.0 Å². The van der Waals surface area contributed by atoms with Gasteiger partial charge in [-0.05, 0) is 55.6 Å². The Balaban J connectivity index is 1.35. The molecule has 7 heteroatoms. The van der Waals surface area contributed by atoms with E-state index in [0.29, 0.717) is 11.3 Å². The molecular formula is C24H21N5OS. The van der Waals surface area contributed by atoms with E-state index in [9.17, 15) is 4.79 Å². The van der Waals surface area contributed by atoms with Gasteiger partial charge in [0.05, 0.1) is 35.0 Å². The number of pyridine rings is 1. The fraction of sp³-hybridized carbons (Fsp3) is 0.125. The molecule has 1 amide bonds. The Hall–Kier alpha value is -3.71. The largest absolute Gasteiger partial charge is 0.343 e. The van der Waals surface area contributed by atoms with E-state index in [1.165, 1.54) is 4.88 Å². The lowest BCUT2D eigenvalue weighted by atomic mass is 10.2. The van der Waals surface area contributed by atoms with Crippen LogP contribution in [0.3, 0.4) is 0 Å². The maximum Gasteiger partial charge on any atom is 0.257 e. The van der Waals surface area contributed by atoms with Crippen LogP contribution in [-0.4, -0.2) is 25.0 Å². The molecule has 1 N–H and O–H groups in total. The summed E-state index contributed by atoms with van der Waals surface area (Å²) in [7, 11) is 0. The van der Waals surface area contributed by atoms with E-state index in [2.05, 4.69) is 31.3 Å². The van der Waals surface area contributed by atoms with Crippen LogP contribution in [0.5, 0.6) is 0 Å². The van der Waals surface area contributed by atoms with Crippen molar-refractivity contribution in [2.75, 3.05) is 5.32 Å². The Morgan fingerprint density at radius 2 is 1.94 bits per heavy atom. The second kappa shape index (κ2) is 7.85. The maximum absolute atomic E-state index is 12.9. The maximum atomic E-state index is 12.9. The predicted molar refractivity (Wildman–Crippen MR) is 124 cm³/mol. The first-order valence-corrected chi connectivity index (χ1v) is 10.9. The summed E-state index contributed by atoms with van der Waals surface area (Å²) in [5.41, 5.74) is 5.26. The minimum Gasteiger partial charge on any atom is -0.343 e. The molecule has 0 radical (unpaired) electrons. The summed E-state index contributed by atoms with van der Waals surface area (Å²) >= 11 is 1.72. The molecule has 5 aromatic rings. The molecule has 0 aliphatic carbocycles. The minimum atomic E-state index is -0.131. The van der Waals surface area contributed by atoms with Crippen LogP contribution in [0.4, 0.5) is 5.69 Å². The number of fused-ring (bicyclic) bond motifs is 1. The Labute approximate surface area is 183 Å². The second-order valence-electron chi connectivity index (χ2n) is 7.41. The van der Waals surface area contributed by atoms with Crippen LogP contribution in [0.2, 0.25) is 0 Å². The number of carbonyl (C=O) groups is 1. The normalized spacial score (nSPS) is 11.2. The number of carbonyl (C=O) groups excluding carboxylic acids is 1. The first kappa shape index (κ1) is 19.3. The molecule has 0 aliphatic heterocycles. The minimum absolute atomic E-state index is 0.131. The molecule has 0 fully saturated rings. The van der Waals surface area contributed by atoms with Crippen LogP contribution in [0.25, 0.3) is 16.9 Å². The van der Waals surface area contributed by atoms with Crippen LogP contribution in [0, 0.1) is 13.8 Å². The van der Waals surface area contributed by atoms with E-state index in [-0.39, 0.29) is 5.91 Å². The summed E-state index contributed by atoms with van der Waals surface area (Å²) in [5, 5.41) is 5.04. The smallest absolute Gasteiger partial charge is 0.257 e. The summed E-state index contributed by atoms with van der Waals surface area (Å²) in [6, 6.07) is 17.8. The van der Waals surface area contributed by atoms with E-state index < -0.39 is 0 Å². The van der Waals surface area contributed by atoms with Crippen molar-refractivity contribution in [2.45, 2.75) is 20.4 Å². The summed E-state index contributed by atoms with van der Waals surface area (Å²) < 4.78 is 4.10. The van der Waals surface area contributed by atoms with E-state index >= 15 is 0 Å². The Morgan fingerprint density at radius 3 is 2.71 bits per heavy atom. The van der Waals surface area contributed by atoms with Crippen molar-refractivity contribution in [3.8, 4) is 5.82 Å². The van der Waals surface area contributed by atoms with Crippen molar-refractivity contribution in [1.29, 1.82) is 0 Å². The van der Waals surface area contributed by atoms with Gasteiger partial charge in [0.25, 0.3) is 5.91 Å². The highest BCUT2D eigenvalue weighted by molar-refractivity contribution is 7.09. The molecule has 4 aromatic heterocycles. The number of hydrogen-bond acceptors (Lipinski definition) is 4. The molecule has 0 spiro atoms. The average Bonchev–Trinajstić information content (AvgIpc) is 3.51. The third-order valence-corrected chi connectivity index (χ3v) is 6.28. The summed E-state index contributed by atoms with van der Waals surface area (Å²) in [4.78, 5) is 23.1. The van der Waals surface area contributed by atoms with Gasteiger partial charge >= 0.3 is 0 Å². The monoisotopic (exact) mass is 427 g/mol. The quantitative estimate of drug-likeness (QED) is 0.419.